The van der Waals surface area contributed by atoms with Crippen LogP contribution in [0.5, 0.6) is 28.7 Å². The Morgan fingerprint density at radius 1 is 0.500 bits per heavy atom. The molecule has 174 valence electrons. The summed E-state index contributed by atoms with van der Waals surface area (Å²) in [4.78, 5) is 0.476. The van der Waals surface area contributed by atoms with E-state index in [2.05, 4.69) is 0 Å². The lowest BCUT2D eigenvalue weighted by molar-refractivity contribution is 0.131. The van der Waals surface area contributed by atoms with Gasteiger partial charge in [-0.15, -0.1) is 0 Å². The van der Waals surface area contributed by atoms with Gasteiger partial charge in [-0.3, -0.25) is 0 Å². The molecule has 0 aliphatic heterocycles. The minimum Gasteiger partial charge on any atom is -0.488 e. The van der Waals surface area contributed by atoms with Gasteiger partial charge in [-0.2, -0.15) is 0 Å². The van der Waals surface area contributed by atoms with Crippen molar-refractivity contribution in [3.05, 3.63) is 103 Å². The van der Waals surface area contributed by atoms with Crippen molar-refractivity contribution in [2.45, 2.75) is 36.2 Å². The van der Waals surface area contributed by atoms with Crippen LogP contribution in [-0.2, 0) is 9.84 Å². The number of sulfone groups is 1. The Bertz CT molecular complexity index is 1320. The smallest absolute Gasteiger partial charge is 0.206 e. The van der Waals surface area contributed by atoms with Crippen LogP contribution >= 0.6 is 0 Å². The second kappa shape index (κ2) is 9.61. The molecule has 6 heteroatoms. The van der Waals surface area contributed by atoms with Crippen molar-refractivity contribution in [3.8, 4) is 28.7 Å². The molecule has 4 aromatic carbocycles. The summed E-state index contributed by atoms with van der Waals surface area (Å²) < 4.78 is 43.0. The van der Waals surface area contributed by atoms with Gasteiger partial charge in [-0.1, -0.05) is 18.2 Å². The Morgan fingerprint density at radius 2 is 0.853 bits per heavy atom. The lowest BCUT2D eigenvalue weighted by atomic mass is 10.2. The zero-order valence-electron chi connectivity index (χ0n) is 19.3. The van der Waals surface area contributed by atoms with Crippen molar-refractivity contribution in [1.29, 1.82) is 0 Å². The zero-order chi connectivity index (χ0) is 24.2. The van der Waals surface area contributed by atoms with Gasteiger partial charge < -0.3 is 14.2 Å². The highest BCUT2D eigenvalue weighted by Gasteiger charge is 2.17. The molecular weight excluding hydrogens is 448 g/mol. The Hall–Kier alpha value is -3.77. The van der Waals surface area contributed by atoms with Gasteiger partial charge in [-0.05, 0) is 106 Å². The van der Waals surface area contributed by atoms with Crippen molar-refractivity contribution in [2.24, 2.45) is 0 Å². The monoisotopic (exact) mass is 474 g/mol. The van der Waals surface area contributed by atoms with Gasteiger partial charge in [0.2, 0.25) is 9.84 Å². The standard InChI is InChI=1S/C28H26O5S/c1-28(2,3)33-25-15-13-23(14-16-25)31-21-9-11-22(12-10-21)32-24-17-19-27(20-18-24)34(29,30)26-7-5-4-6-8-26/h4-20H,1-3H3. The van der Waals surface area contributed by atoms with E-state index in [9.17, 15) is 8.42 Å². The Kier molecular flexibility index (Phi) is 6.61. The largest absolute Gasteiger partial charge is 0.488 e. The quantitative estimate of drug-likeness (QED) is 0.282. The van der Waals surface area contributed by atoms with Gasteiger partial charge in [-0.25, -0.2) is 8.42 Å². The summed E-state index contributed by atoms with van der Waals surface area (Å²) in [5, 5.41) is 0. The number of ether oxygens (including phenoxy) is 3. The van der Waals surface area contributed by atoms with E-state index >= 15 is 0 Å². The number of hydrogen-bond donors (Lipinski definition) is 0. The predicted octanol–water partition coefficient (Wildman–Crippen LogP) is 7.28. The van der Waals surface area contributed by atoms with E-state index in [-0.39, 0.29) is 15.4 Å². The summed E-state index contributed by atoms with van der Waals surface area (Å²) in [6.45, 7) is 6.01. The van der Waals surface area contributed by atoms with Crippen LogP contribution in [0, 0.1) is 0 Å². The van der Waals surface area contributed by atoms with Crippen LogP contribution in [0.4, 0.5) is 0 Å². The molecule has 5 nitrogen and oxygen atoms in total. The lowest BCUT2D eigenvalue weighted by Crippen LogP contribution is -2.22. The van der Waals surface area contributed by atoms with Crippen LogP contribution < -0.4 is 14.2 Å². The first-order valence-corrected chi connectivity index (χ1v) is 12.3. The highest BCUT2D eigenvalue weighted by molar-refractivity contribution is 7.91. The van der Waals surface area contributed by atoms with E-state index in [1.165, 1.54) is 0 Å². The maximum Gasteiger partial charge on any atom is 0.206 e. The Labute approximate surface area is 200 Å². The predicted molar refractivity (Wildman–Crippen MR) is 132 cm³/mol. The zero-order valence-corrected chi connectivity index (χ0v) is 20.1. The molecular formula is C28H26O5S. The SMILES string of the molecule is CC(C)(C)Oc1ccc(Oc2ccc(Oc3ccc(S(=O)(=O)c4ccccc4)cc3)cc2)cc1. The maximum absolute atomic E-state index is 12.7. The molecule has 0 N–H and O–H groups in total. The molecule has 0 aliphatic rings. The van der Waals surface area contributed by atoms with Crippen LogP contribution in [0.1, 0.15) is 20.8 Å². The van der Waals surface area contributed by atoms with Crippen LogP contribution in [-0.4, -0.2) is 14.0 Å². The maximum atomic E-state index is 12.7. The molecule has 4 rings (SSSR count). The van der Waals surface area contributed by atoms with Gasteiger partial charge >= 0.3 is 0 Å². The third-order valence-electron chi connectivity index (χ3n) is 4.73. The van der Waals surface area contributed by atoms with E-state index < -0.39 is 9.84 Å². The summed E-state index contributed by atoms with van der Waals surface area (Å²) in [7, 11) is -3.56. The molecule has 0 bridgehead atoms. The van der Waals surface area contributed by atoms with Gasteiger partial charge in [0.05, 0.1) is 9.79 Å². The van der Waals surface area contributed by atoms with E-state index in [1.807, 2.05) is 57.2 Å². The van der Waals surface area contributed by atoms with Crippen molar-refractivity contribution < 1.29 is 22.6 Å². The van der Waals surface area contributed by atoms with Crippen molar-refractivity contribution in [3.63, 3.8) is 0 Å². The van der Waals surface area contributed by atoms with Crippen LogP contribution in [0.3, 0.4) is 0 Å². The fourth-order valence-corrected chi connectivity index (χ4v) is 4.48. The normalized spacial score (nSPS) is 11.6. The first-order chi connectivity index (χ1) is 16.2. The summed E-state index contributed by atoms with van der Waals surface area (Å²) in [6, 6.07) is 29.4. The number of benzene rings is 4. The molecule has 0 amide bonds. The molecule has 4 aromatic rings. The van der Waals surface area contributed by atoms with Gasteiger partial charge in [0.15, 0.2) is 0 Å². The van der Waals surface area contributed by atoms with Crippen molar-refractivity contribution in [1.82, 2.24) is 0 Å². The molecule has 0 radical (unpaired) electrons. The summed E-state index contributed by atoms with van der Waals surface area (Å²) in [5.41, 5.74) is -0.255. The molecule has 0 aromatic heterocycles. The summed E-state index contributed by atoms with van der Waals surface area (Å²) in [5.74, 6) is 3.30. The Morgan fingerprint density at radius 3 is 1.26 bits per heavy atom. The molecule has 0 atom stereocenters. The third-order valence-corrected chi connectivity index (χ3v) is 6.52. The molecule has 0 heterocycles. The highest BCUT2D eigenvalue weighted by Crippen LogP contribution is 2.29. The summed E-state index contributed by atoms with van der Waals surface area (Å²) in [6.07, 6.45) is 0. The molecule has 0 unspecified atom stereocenters. The van der Waals surface area contributed by atoms with Gasteiger partial charge in [0.25, 0.3) is 0 Å². The van der Waals surface area contributed by atoms with Crippen molar-refractivity contribution in [2.75, 3.05) is 0 Å². The topological polar surface area (TPSA) is 61.8 Å². The van der Waals surface area contributed by atoms with Gasteiger partial charge in [0, 0.05) is 0 Å². The molecule has 0 fully saturated rings. The first-order valence-electron chi connectivity index (χ1n) is 10.8. The first kappa shape index (κ1) is 23.4. The molecule has 0 saturated heterocycles. The summed E-state index contributed by atoms with van der Waals surface area (Å²) >= 11 is 0. The third kappa shape index (κ3) is 5.97. The molecule has 0 aliphatic carbocycles. The lowest BCUT2D eigenvalue weighted by Gasteiger charge is -2.21. The molecule has 0 spiro atoms. The van der Waals surface area contributed by atoms with Crippen LogP contribution in [0.25, 0.3) is 0 Å². The highest BCUT2D eigenvalue weighted by atomic mass is 32.2. The fourth-order valence-electron chi connectivity index (χ4n) is 3.20. The van der Waals surface area contributed by atoms with E-state index in [0.717, 1.165) is 5.75 Å². The van der Waals surface area contributed by atoms with E-state index in [4.69, 9.17) is 14.2 Å². The van der Waals surface area contributed by atoms with E-state index in [0.29, 0.717) is 23.0 Å². The van der Waals surface area contributed by atoms with Gasteiger partial charge in [0.1, 0.15) is 34.3 Å². The van der Waals surface area contributed by atoms with E-state index in [1.54, 1.807) is 66.7 Å². The second-order valence-electron chi connectivity index (χ2n) is 8.65. The minimum absolute atomic E-state index is 0.216. The van der Waals surface area contributed by atoms with Crippen molar-refractivity contribution >= 4 is 9.84 Å². The molecule has 34 heavy (non-hydrogen) atoms. The Balaban J connectivity index is 1.38. The fraction of sp³-hybridized carbons (Fsp3) is 0.143. The molecule has 0 saturated carbocycles. The number of rotatable bonds is 7. The average Bonchev–Trinajstić information content (AvgIpc) is 2.82. The average molecular weight is 475 g/mol. The van der Waals surface area contributed by atoms with Crippen LogP contribution in [0.15, 0.2) is 113 Å². The minimum atomic E-state index is -3.56. The second-order valence-corrected chi connectivity index (χ2v) is 10.6. The van der Waals surface area contributed by atoms with Crippen LogP contribution in [0.2, 0.25) is 0 Å². The number of hydrogen-bond acceptors (Lipinski definition) is 5.